The number of hydrogen-bond acceptors (Lipinski definition) is 6. The number of aromatic nitrogens is 1. The molecule has 152 valence electrons. The first kappa shape index (κ1) is 20.9. The number of nitrogens with one attached hydrogen (secondary N) is 1. The predicted molar refractivity (Wildman–Crippen MR) is 112 cm³/mol. The fourth-order valence-electron chi connectivity index (χ4n) is 2.69. The molecule has 8 nitrogen and oxygen atoms in total. The molecule has 1 N–H and O–H groups in total. The van der Waals surface area contributed by atoms with E-state index in [0.717, 1.165) is 5.56 Å². The van der Waals surface area contributed by atoms with Crippen LogP contribution in [-0.4, -0.2) is 21.6 Å². The SMILES string of the molecule is CC(=O)c1cc(Oc2ncccc2[N+](=O)[O-])ccc1NC(=O)c1ccc(C)cc1Cl. The Morgan fingerprint density at radius 3 is 2.57 bits per heavy atom. The third-order valence-corrected chi connectivity index (χ3v) is 4.46. The van der Waals surface area contributed by atoms with Gasteiger partial charge in [0.25, 0.3) is 11.8 Å². The maximum atomic E-state index is 12.6. The molecule has 0 saturated heterocycles. The number of rotatable bonds is 6. The van der Waals surface area contributed by atoms with Crippen LogP contribution >= 0.6 is 11.6 Å². The molecule has 0 bridgehead atoms. The highest BCUT2D eigenvalue weighted by Gasteiger charge is 2.19. The van der Waals surface area contributed by atoms with Crippen LogP contribution in [0.2, 0.25) is 5.02 Å². The largest absolute Gasteiger partial charge is 0.434 e. The highest BCUT2D eigenvalue weighted by Crippen LogP contribution is 2.31. The summed E-state index contributed by atoms with van der Waals surface area (Å²) in [4.78, 5) is 39.1. The number of carbonyl (C=O) groups excluding carboxylic acids is 2. The molecular weight excluding hydrogens is 410 g/mol. The van der Waals surface area contributed by atoms with Crippen LogP contribution in [0, 0.1) is 17.0 Å². The van der Waals surface area contributed by atoms with Crippen LogP contribution in [0.4, 0.5) is 11.4 Å². The van der Waals surface area contributed by atoms with E-state index in [9.17, 15) is 19.7 Å². The lowest BCUT2D eigenvalue weighted by Gasteiger charge is -2.12. The fraction of sp³-hybridized carbons (Fsp3) is 0.0952. The molecule has 0 radical (unpaired) electrons. The number of ether oxygens (including phenoxy) is 1. The third kappa shape index (κ3) is 4.61. The summed E-state index contributed by atoms with van der Waals surface area (Å²) in [5, 5.41) is 14.1. The van der Waals surface area contributed by atoms with Gasteiger partial charge in [-0.05, 0) is 55.8 Å². The Labute approximate surface area is 176 Å². The molecule has 1 aromatic heterocycles. The summed E-state index contributed by atoms with van der Waals surface area (Å²) >= 11 is 6.14. The zero-order valence-electron chi connectivity index (χ0n) is 16.0. The van der Waals surface area contributed by atoms with Gasteiger partial charge in [0.15, 0.2) is 5.78 Å². The predicted octanol–water partition coefficient (Wildman–Crippen LogP) is 5.20. The summed E-state index contributed by atoms with van der Waals surface area (Å²) in [6.07, 6.45) is 1.36. The number of aryl methyl sites for hydroxylation is 1. The number of hydrogen-bond donors (Lipinski definition) is 1. The van der Waals surface area contributed by atoms with E-state index in [-0.39, 0.29) is 39.9 Å². The molecular formula is C21H16ClN3O5. The van der Waals surface area contributed by atoms with E-state index in [2.05, 4.69) is 10.3 Å². The molecule has 9 heteroatoms. The number of pyridine rings is 1. The number of nitro groups is 1. The number of anilines is 1. The molecule has 0 atom stereocenters. The van der Waals surface area contributed by atoms with Gasteiger partial charge in [0, 0.05) is 17.8 Å². The van der Waals surface area contributed by atoms with Crippen LogP contribution in [0.15, 0.2) is 54.7 Å². The quantitative estimate of drug-likeness (QED) is 0.330. The summed E-state index contributed by atoms with van der Waals surface area (Å²) in [6.45, 7) is 3.18. The molecule has 0 saturated carbocycles. The van der Waals surface area contributed by atoms with Crippen molar-refractivity contribution in [2.24, 2.45) is 0 Å². The van der Waals surface area contributed by atoms with Crippen molar-refractivity contribution in [3.8, 4) is 11.6 Å². The Hall–Kier alpha value is -3.78. The summed E-state index contributed by atoms with van der Waals surface area (Å²) in [5.41, 5.74) is 1.29. The van der Waals surface area contributed by atoms with Crippen molar-refractivity contribution in [3.63, 3.8) is 0 Å². The zero-order valence-corrected chi connectivity index (χ0v) is 16.8. The highest BCUT2D eigenvalue weighted by atomic mass is 35.5. The van der Waals surface area contributed by atoms with Crippen LogP contribution in [0.1, 0.15) is 33.2 Å². The van der Waals surface area contributed by atoms with E-state index in [1.54, 1.807) is 18.2 Å². The topological polar surface area (TPSA) is 111 Å². The first-order chi connectivity index (χ1) is 14.3. The average molecular weight is 426 g/mol. The lowest BCUT2D eigenvalue weighted by Crippen LogP contribution is -2.15. The van der Waals surface area contributed by atoms with E-state index in [1.165, 1.54) is 43.5 Å². The van der Waals surface area contributed by atoms with Crippen LogP contribution in [0.3, 0.4) is 0 Å². The van der Waals surface area contributed by atoms with Gasteiger partial charge < -0.3 is 10.1 Å². The van der Waals surface area contributed by atoms with E-state index in [1.807, 2.05) is 6.92 Å². The number of amides is 1. The molecule has 3 rings (SSSR count). The van der Waals surface area contributed by atoms with Gasteiger partial charge in [-0.15, -0.1) is 0 Å². The summed E-state index contributed by atoms with van der Waals surface area (Å²) in [6, 6.07) is 12.0. The summed E-state index contributed by atoms with van der Waals surface area (Å²) < 4.78 is 5.50. The number of carbonyl (C=O) groups is 2. The summed E-state index contributed by atoms with van der Waals surface area (Å²) in [7, 11) is 0. The Morgan fingerprint density at radius 1 is 1.13 bits per heavy atom. The minimum Gasteiger partial charge on any atom is -0.434 e. The van der Waals surface area contributed by atoms with Gasteiger partial charge in [0.05, 0.1) is 21.2 Å². The first-order valence-corrected chi connectivity index (χ1v) is 9.14. The van der Waals surface area contributed by atoms with E-state index in [4.69, 9.17) is 16.3 Å². The Kier molecular flexibility index (Phi) is 6.08. The monoisotopic (exact) mass is 425 g/mol. The van der Waals surface area contributed by atoms with Gasteiger partial charge in [0.2, 0.25) is 0 Å². The molecule has 1 amide bonds. The molecule has 1 heterocycles. The molecule has 0 unspecified atom stereocenters. The molecule has 0 fully saturated rings. The number of ketones is 1. The molecule has 0 spiro atoms. The van der Waals surface area contributed by atoms with Crippen LogP contribution in [0.5, 0.6) is 11.6 Å². The van der Waals surface area contributed by atoms with Crippen molar-refractivity contribution in [2.75, 3.05) is 5.32 Å². The zero-order chi connectivity index (χ0) is 21.8. The normalized spacial score (nSPS) is 10.4. The Balaban J connectivity index is 1.90. The molecule has 3 aromatic rings. The van der Waals surface area contributed by atoms with E-state index >= 15 is 0 Å². The van der Waals surface area contributed by atoms with Crippen molar-refractivity contribution in [1.29, 1.82) is 0 Å². The Morgan fingerprint density at radius 2 is 1.90 bits per heavy atom. The van der Waals surface area contributed by atoms with Gasteiger partial charge in [0.1, 0.15) is 5.75 Å². The minimum absolute atomic E-state index is 0.161. The maximum absolute atomic E-state index is 12.6. The maximum Gasteiger partial charge on any atom is 0.331 e. The van der Waals surface area contributed by atoms with Crippen molar-refractivity contribution in [2.45, 2.75) is 13.8 Å². The smallest absolute Gasteiger partial charge is 0.331 e. The lowest BCUT2D eigenvalue weighted by molar-refractivity contribution is -0.386. The van der Waals surface area contributed by atoms with Crippen molar-refractivity contribution >= 4 is 34.7 Å². The third-order valence-electron chi connectivity index (χ3n) is 4.15. The average Bonchev–Trinajstić information content (AvgIpc) is 2.69. The Bertz CT molecular complexity index is 1160. The first-order valence-electron chi connectivity index (χ1n) is 8.76. The number of benzene rings is 2. The van der Waals surface area contributed by atoms with Gasteiger partial charge in [-0.25, -0.2) is 4.98 Å². The van der Waals surface area contributed by atoms with Crippen molar-refractivity contribution in [3.05, 3.63) is 86.6 Å². The summed E-state index contributed by atoms with van der Waals surface area (Å²) in [5.74, 6) is -0.855. The van der Waals surface area contributed by atoms with Gasteiger partial charge in [-0.1, -0.05) is 17.7 Å². The van der Waals surface area contributed by atoms with Gasteiger partial charge in [-0.2, -0.15) is 0 Å². The molecule has 0 aliphatic heterocycles. The lowest BCUT2D eigenvalue weighted by atomic mass is 10.1. The highest BCUT2D eigenvalue weighted by molar-refractivity contribution is 6.34. The van der Waals surface area contributed by atoms with Crippen LogP contribution < -0.4 is 10.1 Å². The second-order valence-electron chi connectivity index (χ2n) is 6.39. The second kappa shape index (κ2) is 8.71. The molecule has 0 aliphatic carbocycles. The van der Waals surface area contributed by atoms with Crippen LogP contribution in [-0.2, 0) is 0 Å². The number of Topliss-reactive ketones (excluding diaryl/α,β-unsaturated/α-hetero) is 1. The van der Waals surface area contributed by atoms with E-state index < -0.39 is 10.8 Å². The van der Waals surface area contributed by atoms with Crippen molar-refractivity contribution < 1.29 is 19.2 Å². The molecule has 30 heavy (non-hydrogen) atoms. The number of halogens is 1. The molecule has 0 aliphatic rings. The van der Waals surface area contributed by atoms with Gasteiger partial charge >= 0.3 is 5.69 Å². The van der Waals surface area contributed by atoms with Crippen LogP contribution in [0.25, 0.3) is 0 Å². The van der Waals surface area contributed by atoms with Gasteiger partial charge in [-0.3, -0.25) is 19.7 Å². The van der Waals surface area contributed by atoms with E-state index in [0.29, 0.717) is 5.02 Å². The minimum atomic E-state index is -0.617. The standard InChI is InChI=1S/C21H16ClN3O5/c1-12-5-7-15(17(22)10-12)20(27)24-18-8-6-14(11-16(18)13(2)26)30-21-19(25(28)29)4-3-9-23-21/h3-11H,1-2H3,(H,24,27). The number of nitrogens with zero attached hydrogens (tertiary/aromatic N) is 2. The second-order valence-corrected chi connectivity index (χ2v) is 6.80. The fourth-order valence-corrected chi connectivity index (χ4v) is 3.01. The van der Waals surface area contributed by atoms with Crippen molar-refractivity contribution in [1.82, 2.24) is 4.98 Å². The molecule has 2 aromatic carbocycles.